The Hall–Kier alpha value is -0.340. The largest absolute Gasteiger partial charge is 0.353 e. The van der Waals surface area contributed by atoms with Crippen molar-refractivity contribution in [2.75, 3.05) is 6.61 Å². The standard InChI is InChI=1S/C13H23O2/c1-4-6-10-13(3,9-5-2)15-12-8-7-11-14-12/h2,5,12H,4,6-11H2,1,3H3. The van der Waals surface area contributed by atoms with E-state index in [1.807, 2.05) is 0 Å². The van der Waals surface area contributed by atoms with Crippen LogP contribution in [-0.4, -0.2) is 18.5 Å². The molecule has 1 radical (unpaired) electrons. The molecule has 0 amide bonds. The van der Waals surface area contributed by atoms with Gasteiger partial charge >= 0.3 is 0 Å². The first-order chi connectivity index (χ1) is 7.20. The molecule has 0 aliphatic carbocycles. The van der Waals surface area contributed by atoms with Crippen molar-refractivity contribution in [1.82, 2.24) is 0 Å². The van der Waals surface area contributed by atoms with E-state index < -0.39 is 0 Å². The molecule has 1 rings (SSSR count). The van der Waals surface area contributed by atoms with Gasteiger partial charge < -0.3 is 9.47 Å². The van der Waals surface area contributed by atoms with Crippen LogP contribution in [-0.2, 0) is 9.47 Å². The van der Waals surface area contributed by atoms with Gasteiger partial charge in [-0.2, -0.15) is 0 Å². The molecule has 0 aromatic carbocycles. The monoisotopic (exact) mass is 211 g/mol. The van der Waals surface area contributed by atoms with Gasteiger partial charge in [0.1, 0.15) is 0 Å². The number of hydrogen-bond acceptors (Lipinski definition) is 2. The van der Waals surface area contributed by atoms with Gasteiger partial charge in [0.25, 0.3) is 0 Å². The van der Waals surface area contributed by atoms with E-state index in [-0.39, 0.29) is 11.9 Å². The molecule has 0 aromatic heterocycles. The topological polar surface area (TPSA) is 18.5 Å². The number of ether oxygens (including phenoxy) is 2. The number of rotatable bonds is 7. The molecule has 1 aliphatic rings. The highest BCUT2D eigenvalue weighted by Crippen LogP contribution is 2.28. The summed E-state index contributed by atoms with van der Waals surface area (Å²) in [5.74, 6) is 0. The lowest BCUT2D eigenvalue weighted by Crippen LogP contribution is -2.33. The van der Waals surface area contributed by atoms with Gasteiger partial charge in [0, 0.05) is 13.0 Å². The van der Waals surface area contributed by atoms with Gasteiger partial charge in [-0.05, 0) is 26.2 Å². The Morgan fingerprint density at radius 2 is 2.40 bits per heavy atom. The van der Waals surface area contributed by atoms with Crippen molar-refractivity contribution in [3.63, 3.8) is 0 Å². The first-order valence-corrected chi connectivity index (χ1v) is 6.03. The van der Waals surface area contributed by atoms with Crippen LogP contribution in [0.2, 0.25) is 0 Å². The van der Waals surface area contributed by atoms with Crippen LogP contribution in [0.3, 0.4) is 0 Å². The Morgan fingerprint density at radius 1 is 1.60 bits per heavy atom. The summed E-state index contributed by atoms with van der Waals surface area (Å²) in [5, 5.41) is 0. The fraction of sp³-hybridized carbons (Fsp3) is 0.846. The lowest BCUT2D eigenvalue weighted by atomic mass is 9.95. The molecule has 0 bridgehead atoms. The van der Waals surface area contributed by atoms with Crippen molar-refractivity contribution in [3.05, 3.63) is 12.7 Å². The van der Waals surface area contributed by atoms with Crippen molar-refractivity contribution in [2.45, 2.75) is 64.3 Å². The minimum Gasteiger partial charge on any atom is -0.353 e. The normalized spacial score (nSPS) is 25.1. The van der Waals surface area contributed by atoms with Crippen molar-refractivity contribution < 1.29 is 9.47 Å². The van der Waals surface area contributed by atoms with Gasteiger partial charge in [0.2, 0.25) is 0 Å². The van der Waals surface area contributed by atoms with Crippen molar-refractivity contribution in [1.29, 1.82) is 0 Å². The van der Waals surface area contributed by atoms with Crippen molar-refractivity contribution in [3.8, 4) is 0 Å². The fourth-order valence-corrected chi connectivity index (χ4v) is 1.97. The Labute approximate surface area is 93.7 Å². The lowest BCUT2D eigenvalue weighted by Gasteiger charge is -2.31. The third kappa shape index (κ3) is 4.35. The van der Waals surface area contributed by atoms with E-state index in [1.54, 1.807) is 6.08 Å². The number of hydrogen-bond donors (Lipinski definition) is 0. The molecule has 0 spiro atoms. The third-order valence-electron chi connectivity index (χ3n) is 2.91. The van der Waals surface area contributed by atoms with E-state index in [4.69, 9.17) is 16.1 Å². The van der Waals surface area contributed by atoms with Gasteiger partial charge in [-0.15, -0.1) is 0 Å². The van der Waals surface area contributed by atoms with E-state index in [0.29, 0.717) is 0 Å². The summed E-state index contributed by atoms with van der Waals surface area (Å²) in [6.45, 7) is 10.7. The van der Waals surface area contributed by atoms with Gasteiger partial charge in [0.15, 0.2) is 6.29 Å². The molecule has 1 fully saturated rings. The zero-order valence-electron chi connectivity index (χ0n) is 10.00. The fourth-order valence-electron chi connectivity index (χ4n) is 1.97. The Morgan fingerprint density at radius 3 is 2.93 bits per heavy atom. The second-order valence-electron chi connectivity index (χ2n) is 4.55. The smallest absolute Gasteiger partial charge is 0.158 e. The van der Waals surface area contributed by atoms with E-state index in [0.717, 1.165) is 32.3 Å². The summed E-state index contributed by atoms with van der Waals surface area (Å²) in [4.78, 5) is 0. The maximum Gasteiger partial charge on any atom is 0.158 e. The van der Waals surface area contributed by atoms with Crippen LogP contribution in [0.5, 0.6) is 0 Å². The average molecular weight is 211 g/mol. The van der Waals surface area contributed by atoms with E-state index >= 15 is 0 Å². The Bertz CT molecular complexity index is 185. The molecule has 1 saturated heterocycles. The molecule has 1 heterocycles. The van der Waals surface area contributed by atoms with Crippen molar-refractivity contribution in [2.24, 2.45) is 0 Å². The molecule has 2 nitrogen and oxygen atoms in total. The summed E-state index contributed by atoms with van der Waals surface area (Å²) in [7, 11) is 0. The molecule has 87 valence electrons. The van der Waals surface area contributed by atoms with Gasteiger partial charge in [-0.25, -0.2) is 0 Å². The van der Waals surface area contributed by atoms with Crippen LogP contribution in [0.4, 0.5) is 0 Å². The maximum absolute atomic E-state index is 6.01. The summed E-state index contributed by atoms with van der Waals surface area (Å²) in [6, 6.07) is 0. The lowest BCUT2D eigenvalue weighted by molar-refractivity contribution is -0.186. The average Bonchev–Trinajstić information content (AvgIpc) is 2.68. The van der Waals surface area contributed by atoms with Crippen LogP contribution in [0.25, 0.3) is 0 Å². The summed E-state index contributed by atoms with van der Waals surface area (Å²) in [5.41, 5.74) is -0.139. The second-order valence-corrected chi connectivity index (χ2v) is 4.55. The minimum absolute atomic E-state index is 0.00759. The SMILES string of the molecule is [CH]=CCC(C)(CCCC)OC1CCCO1. The minimum atomic E-state index is -0.139. The Balaban J connectivity index is 2.42. The van der Waals surface area contributed by atoms with Crippen LogP contribution in [0.1, 0.15) is 52.4 Å². The van der Waals surface area contributed by atoms with Crippen molar-refractivity contribution >= 4 is 0 Å². The van der Waals surface area contributed by atoms with E-state index in [2.05, 4.69) is 13.8 Å². The highest BCUT2D eigenvalue weighted by atomic mass is 16.7. The summed E-state index contributed by atoms with van der Waals surface area (Å²) in [6.07, 6.45) is 8.04. The molecule has 2 heteroatoms. The summed E-state index contributed by atoms with van der Waals surface area (Å²) >= 11 is 0. The quantitative estimate of drug-likeness (QED) is 0.642. The highest BCUT2D eigenvalue weighted by Gasteiger charge is 2.29. The predicted octanol–water partition coefficient (Wildman–Crippen LogP) is 3.47. The van der Waals surface area contributed by atoms with Crippen LogP contribution >= 0.6 is 0 Å². The second kappa shape index (κ2) is 6.29. The molecule has 2 atom stereocenters. The maximum atomic E-state index is 6.01. The molecule has 1 aliphatic heterocycles. The summed E-state index contributed by atoms with van der Waals surface area (Å²) < 4.78 is 11.5. The van der Waals surface area contributed by atoms with Crippen LogP contribution in [0.15, 0.2) is 6.08 Å². The predicted molar refractivity (Wildman–Crippen MR) is 61.5 cm³/mol. The molecule has 0 N–H and O–H groups in total. The zero-order chi connectivity index (χ0) is 11.1. The first kappa shape index (κ1) is 12.7. The molecule has 0 aromatic rings. The molecular weight excluding hydrogens is 188 g/mol. The van der Waals surface area contributed by atoms with Gasteiger partial charge in [-0.3, -0.25) is 0 Å². The third-order valence-corrected chi connectivity index (χ3v) is 2.91. The first-order valence-electron chi connectivity index (χ1n) is 6.03. The van der Waals surface area contributed by atoms with Gasteiger partial charge in [-0.1, -0.05) is 32.4 Å². The molecule has 0 saturated carbocycles. The van der Waals surface area contributed by atoms with Gasteiger partial charge in [0.05, 0.1) is 5.60 Å². The van der Waals surface area contributed by atoms with Crippen LogP contribution < -0.4 is 0 Å². The highest BCUT2D eigenvalue weighted by molar-refractivity contribution is 4.84. The molecule has 2 unspecified atom stereocenters. The molecular formula is C13H23O2. The number of unbranched alkanes of at least 4 members (excludes halogenated alkanes) is 1. The zero-order valence-corrected chi connectivity index (χ0v) is 10.00. The van der Waals surface area contributed by atoms with E-state index in [9.17, 15) is 0 Å². The van der Waals surface area contributed by atoms with E-state index in [1.165, 1.54) is 12.8 Å². The molecule has 15 heavy (non-hydrogen) atoms. The van der Waals surface area contributed by atoms with Crippen LogP contribution in [0, 0.1) is 6.58 Å². The Kier molecular flexibility index (Phi) is 5.34.